The van der Waals surface area contributed by atoms with Crippen molar-refractivity contribution in [1.29, 1.82) is 0 Å². The average molecular weight is 639 g/mol. The summed E-state index contributed by atoms with van der Waals surface area (Å²) in [6.07, 6.45) is 3.64. The number of para-hydroxylation sites is 1. The number of phenolic OH excluding ortho intramolecular Hbond substituents is 1. The van der Waals surface area contributed by atoms with Crippen molar-refractivity contribution in [3.05, 3.63) is 85.9 Å². The van der Waals surface area contributed by atoms with E-state index in [1.54, 1.807) is 36.4 Å². The fraction of sp³-hybridized carbons (Fsp3) is 0.241. The van der Waals surface area contributed by atoms with Gasteiger partial charge in [0.15, 0.2) is 23.1 Å². The molecule has 0 bridgehead atoms. The monoisotopic (exact) mass is 637 g/mol. The summed E-state index contributed by atoms with van der Waals surface area (Å²) in [6.45, 7) is 0. The summed E-state index contributed by atoms with van der Waals surface area (Å²) in [5.74, 6) is -3.73. The number of aromatic hydroxyl groups is 1. The van der Waals surface area contributed by atoms with Gasteiger partial charge in [-0.3, -0.25) is 24.1 Å². The molecule has 0 saturated carbocycles. The molecule has 38 heavy (non-hydrogen) atoms. The van der Waals surface area contributed by atoms with E-state index >= 15 is 0 Å². The third-order valence-electron chi connectivity index (χ3n) is 7.95. The lowest BCUT2D eigenvalue weighted by molar-refractivity contribution is -0.123. The SMILES string of the molecule is COc1cc(Br)cc([C@H]2C3=CC[C@@H]4C(=O)N(c5ccccc5)C(=O)[C@@H]4[C@@H]3CC3=C2C(=O)C=C(Br)C3=O)c1O. The summed E-state index contributed by atoms with van der Waals surface area (Å²) in [6, 6.07) is 12.1. The van der Waals surface area contributed by atoms with E-state index in [1.165, 1.54) is 18.1 Å². The molecule has 6 rings (SSSR count). The molecule has 2 amide bonds. The first-order valence-corrected chi connectivity index (χ1v) is 13.7. The zero-order valence-electron chi connectivity index (χ0n) is 20.1. The van der Waals surface area contributed by atoms with Gasteiger partial charge in [0.2, 0.25) is 11.8 Å². The number of rotatable bonds is 3. The Balaban J connectivity index is 1.54. The number of methoxy groups -OCH3 is 1. The molecule has 2 aromatic carbocycles. The van der Waals surface area contributed by atoms with Crippen LogP contribution in [0.15, 0.2) is 80.3 Å². The summed E-state index contributed by atoms with van der Waals surface area (Å²) >= 11 is 6.68. The fourth-order valence-electron chi connectivity index (χ4n) is 6.36. The normalized spacial score (nSPS) is 26.6. The summed E-state index contributed by atoms with van der Waals surface area (Å²) < 4.78 is 6.13. The van der Waals surface area contributed by atoms with Crippen LogP contribution in [0.2, 0.25) is 0 Å². The van der Waals surface area contributed by atoms with Gasteiger partial charge in [-0.25, -0.2) is 0 Å². The van der Waals surface area contributed by atoms with Crippen LogP contribution >= 0.6 is 31.9 Å². The maximum Gasteiger partial charge on any atom is 0.238 e. The number of allylic oxidation sites excluding steroid dienone is 6. The van der Waals surface area contributed by atoms with Crippen LogP contribution < -0.4 is 9.64 Å². The minimum absolute atomic E-state index is 0.148. The molecule has 1 heterocycles. The maximum atomic E-state index is 13.9. The van der Waals surface area contributed by atoms with Gasteiger partial charge in [-0.05, 0) is 59.0 Å². The molecular weight excluding hydrogens is 618 g/mol. The minimum Gasteiger partial charge on any atom is -0.504 e. The number of imide groups is 1. The lowest BCUT2D eigenvalue weighted by Gasteiger charge is -2.42. The van der Waals surface area contributed by atoms with Crippen molar-refractivity contribution < 1.29 is 29.0 Å². The molecule has 7 nitrogen and oxygen atoms in total. The lowest BCUT2D eigenvalue weighted by atomic mass is 9.59. The van der Waals surface area contributed by atoms with Crippen LogP contribution in [-0.4, -0.2) is 35.6 Å². The maximum absolute atomic E-state index is 13.9. The summed E-state index contributed by atoms with van der Waals surface area (Å²) in [5.41, 5.74) is 2.24. The first-order valence-electron chi connectivity index (χ1n) is 12.1. The Bertz CT molecular complexity index is 1540. The van der Waals surface area contributed by atoms with Gasteiger partial charge in [-0.15, -0.1) is 0 Å². The Morgan fingerprint density at radius 1 is 1.00 bits per heavy atom. The van der Waals surface area contributed by atoms with Gasteiger partial charge in [0.05, 0.1) is 29.1 Å². The molecule has 0 aromatic heterocycles. The van der Waals surface area contributed by atoms with Crippen molar-refractivity contribution in [2.45, 2.75) is 18.8 Å². The molecule has 2 aromatic rings. The summed E-state index contributed by atoms with van der Waals surface area (Å²) in [7, 11) is 1.43. The Hall–Kier alpha value is -3.30. The molecule has 192 valence electrons. The lowest BCUT2D eigenvalue weighted by Crippen LogP contribution is -2.39. The molecule has 0 unspecified atom stereocenters. The second kappa shape index (κ2) is 9.17. The van der Waals surface area contributed by atoms with E-state index in [4.69, 9.17) is 4.74 Å². The van der Waals surface area contributed by atoms with E-state index in [0.29, 0.717) is 27.7 Å². The van der Waals surface area contributed by atoms with Crippen molar-refractivity contribution in [3.63, 3.8) is 0 Å². The highest BCUT2D eigenvalue weighted by Crippen LogP contribution is 2.57. The van der Waals surface area contributed by atoms with Crippen molar-refractivity contribution in [2.24, 2.45) is 17.8 Å². The van der Waals surface area contributed by atoms with Crippen molar-refractivity contribution in [2.75, 3.05) is 12.0 Å². The molecule has 1 saturated heterocycles. The van der Waals surface area contributed by atoms with Gasteiger partial charge in [-0.1, -0.05) is 45.8 Å². The topological polar surface area (TPSA) is 101 Å². The van der Waals surface area contributed by atoms with Crippen molar-refractivity contribution in [3.8, 4) is 11.5 Å². The number of phenols is 1. The number of ether oxygens (including phenoxy) is 1. The highest BCUT2D eigenvalue weighted by molar-refractivity contribution is 9.12. The number of hydrogen-bond donors (Lipinski definition) is 1. The number of amides is 2. The summed E-state index contributed by atoms with van der Waals surface area (Å²) in [5, 5.41) is 11.2. The number of carbonyl (C=O) groups excluding carboxylic acids is 4. The van der Waals surface area contributed by atoms with E-state index in [1.807, 2.05) is 12.1 Å². The van der Waals surface area contributed by atoms with Crippen LogP contribution in [0.1, 0.15) is 24.3 Å². The number of nitrogens with zero attached hydrogens (tertiary/aromatic N) is 1. The van der Waals surface area contributed by atoms with Crippen LogP contribution in [0.5, 0.6) is 11.5 Å². The van der Waals surface area contributed by atoms with E-state index in [-0.39, 0.29) is 51.4 Å². The zero-order chi connectivity index (χ0) is 26.9. The van der Waals surface area contributed by atoms with E-state index in [2.05, 4.69) is 31.9 Å². The van der Waals surface area contributed by atoms with Crippen LogP contribution in [0, 0.1) is 17.8 Å². The molecule has 3 aliphatic carbocycles. The van der Waals surface area contributed by atoms with Crippen molar-refractivity contribution >= 4 is 60.9 Å². The first-order chi connectivity index (χ1) is 18.2. The highest BCUT2D eigenvalue weighted by Gasteiger charge is 2.57. The predicted octanol–water partition coefficient (Wildman–Crippen LogP) is 5.13. The number of anilines is 1. The molecule has 9 heteroatoms. The molecule has 4 aliphatic rings. The average Bonchev–Trinajstić information content (AvgIpc) is 3.17. The van der Waals surface area contributed by atoms with Gasteiger partial charge >= 0.3 is 0 Å². The number of benzene rings is 2. The number of ketones is 2. The number of halogens is 2. The third kappa shape index (κ3) is 3.59. The van der Waals surface area contributed by atoms with Gasteiger partial charge in [0.25, 0.3) is 0 Å². The molecule has 1 aliphatic heterocycles. The minimum atomic E-state index is -0.780. The predicted molar refractivity (Wildman–Crippen MR) is 146 cm³/mol. The van der Waals surface area contributed by atoms with E-state index in [9.17, 15) is 24.3 Å². The van der Waals surface area contributed by atoms with Crippen LogP contribution in [0.4, 0.5) is 5.69 Å². The molecule has 4 atom stereocenters. The van der Waals surface area contributed by atoms with Crippen LogP contribution in [0.3, 0.4) is 0 Å². The van der Waals surface area contributed by atoms with Gasteiger partial charge in [0, 0.05) is 33.2 Å². The van der Waals surface area contributed by atoms with Gasteiger partial charge in [0.1, 0.15) is 0 Å². The number of fused-ring (bicyclic) bond motifs is 3. The third-order valence-corrected chi connectivity index (χ3v) is 8.99. The Kier molecular flexibility index (Phi) is 6.03. The Morgan fingerprint density at radius 2 is 1.74 bits per heavy atom. The largest absolute Gasteiger partial charge is 0.504 e. The smallest absolute Gasteiger partial charge is 0.238 e. The molecular formula is C29H21Br2NO6. The van der Waals surface area contributed by atoms with Gasteiger partial charge < -0.3 is 9.84 Å². The van der Waals surface area contributed by atoms with E-state index in [0.717, 1.165) is 5.57 Å². The zero-order valence-corrected chi connectivity index (χ0v) is 23.3. The standard InChI is InChI=1S/C29H21Br2NO6/c1-38-22-10-13(30)9-18(27(22)35)23-15-7-8-16-24(29(37)32(28(16)36)14-5-3-2-4-6-14)17(15)11-19-25(23)21(33)12-20(31)26(19)34/h2-7,9-10,12,16-17,23-24,35H,8,11H2,1H3/t16-,17+,23+,24-/m0/s1. The van der Waals surface area contributed by atoms with Crippen LogP contribution in [-0.2, 0) is 19.2 Å². The van der Waals surface area contributed by atoms with Crippen molar-refractivity contribution in [1.82, 2.24) is 0 Å². The molecule has 0 spiro atoms. The molecule has 1 N–H and O–H groups in total. The quantitative estimate of drug-likeness (QED) is 0.284. The van der Waals surface area contributed by atoms with E-state index < -0.39 is 23.7 Å². The number of hydrogen-bond acceptors (Lipinski definition) is 6. The second-order valence-corrected chi connectivity index (χ2v) is 11.6. The number of carbonyl (C=O) groups is 4. The molecule has 0 radical (unpaired) electrons. The Morgan fingerprint density at radius 3 is 2.45 bits per heavy atom. The fourth-order valence-corrected chi connectivity index (χ4v) is 7.27. The number of Topliss-reactive ketones (excluding diaryl/α,β-unsaturated/α-hetero) is 1. The summed E-state index contributed by atoms with van der Waals surface area (Å²) in [4.78, 5) is 55.3. The Labute approximate surface area is 235 Å². The van der Waals surface area contributed by atoms with Gasteiger partial charge in [-0.2, -0.15) is 0 Å². The highest BCUT2D eigenvalue weighted by atomic mass is 79.9. The molecule has 1 fully saturated rings. The van der Waals surface area contributed by atoms with Crippen LogP contribution in [0.25, 0.3) is 0 Å². The second-order valence-electron chi connectivity index (χ2n) is 9.79. The first kappa shape index (κ1) is 25.0.